The molecule has 6 rings (SSSR count). The van der Waals surface area contributed by atoms with Crippen molar-refractivity contribution in [2.75, 3.05) is 26.2 Å². The van der Waals surface area contributed by atoms with Gasteiger partial charge in [0.25, 0.3) is 5.91 Å². The van der Waals surface area contributed by atoms with Crippen LogP contribution in [0.5, 0.6) is 0 Å². The molecule has 2 aliphatic carbocycles. The maximum atomic E-state index is 13.9. The number of halogens is 3. The second-order valence-electron chi connectivity index (χ2n) is 10.4. The Balaban J connectivity index is 1.33. The summed E-state index contributed by atoms with van der Waals surface area (Å²) in [6.07, 6.45) is 3.98. The third kappa shape index (κ3) is 4.14. The number of alkyl halides is 3. The van der Waals surface area contributed by atoms with Crippen LogP contribution < -0.4 is 0 Å². The summed E-state index contributed by atoms with van der Waals surface area (Å²) in [4.78, 5) is 18.4. The highest BCUT2D eigenvalue weighted by atomic mass is 19.4. The molecule has 0 unspecified atom stereocenters. The van der Waals surface area contributed by atoms with E-state index in [1.807, 2.05) is 4.90 Å². The van der Waals surface area contributed by atoms with Crippen molar-refractivity contribution in [3.63, 3.8) is 0 Å². The van der Waals surface area contributed by atoms with Gasteiger partial charge in [-0.15, -0.1) is 0 Å². The Morgan fingerprint density at radius 3 is 2.21 bits per heavy atom. The first-order valence-electron chi connectivity index (χ1n) is 12.7. The number of amides is 1. The van der Waals surface area contributed by atoms with E-state index >= 15 is 0 Å². The lowest BCUT2D eigenvalue weighted by Gasteiger charge is -2.36. The molecule has 2 aliphatic heterocycles. The van der Waals surface area contributed by atoms with Crippen LogP contribution in [-0.2, 0) is 6.18 Å². The molecule has 4 aliphatic rings. The second kappa shape index (κ2) is 8.40. The molecule has 1 amide bonds. The van der Waals surface area contributed by atoms with Gasteiger partial charge in [-0.2, -0.15) is 18.3 Å². The van der Waals surface area contributed by atoms with Gasteiger partial charge in [-0.25, -0.2) is 4.68 Å². The maximum absolute atomic E-state index is 13.9. The Morgan fingerprint density at radius 1 is 0.912 bits per heavy atom. The number of benzene rings is 1. The molecular formula is C26H31F3N4O. The van der Waals surface area contributed by atoms with E-state index in [9.17, 15) is 18.0 Å². The number of hydrogen-bond donors (Lipinski definition) is 0. The van der Waals surface area contributed by atoms with Crippen LogP contribution in [0.25, 0.3) is 5.69 Å². The predicted molar refractivity (Wildman–Crippen MR) is 122 cm³/mol. The standard InChI is InChI=1S/C26H31F3N4O/c27-26(28,29)19-4-3-5-21(16-19)33-24(18-8-9-18)22(23(30-33)17-6-7-17)25(34)32-14-10-20(11-15-32)31-12-1-2-13-31/h3-5,16-18,20H,1-2,6-15H2. The SMILES string of the molecule is O=C(c1c(C2CC2)nn(-c2cccc(C(F)(F)F)c2)c1C1CC1)N1CCC(N2CCCC2)CC1. The van der Waals surface area contributed by atoms with Crippen LogP contribution >= 0.6 is 0 Å². The Hall–Kier alpha value is -2.35. The minimum Gasteiger partial charge on any atom is -0.338 e. The molecule has 5 nitrogen and oxygen atoms in total. The lowest BCUT2D eigenvalue weighted by atomic mass is 10.00. The number of hydrogen-bond acceptors (Lipinski definition) is 3. The molecule has 0 bridgehead atoms. The lowest BCUT2D eigenvalue weighted by molar-refractivity contribution is -0.137. The zero-order valence-corrected chi connectivity index (χ0v) is 19.4. The Morgan fingerprint density at radius 2 is 1.59 bits per heavy atom. The van der Waals surface area contributed by atoms with Crippen molar-refractivity contribution in [3.05, 3.63) is 46.8 Å². The van der Waals surface area contributed by atoms with Crippen LogP contribution in [0.3, 0.4) is 0 Å². The molecule has 1 aromatic heterocycles. The number of rotatable bonds is 5. The fourth-order valence-corrected chi connectivity index (χ4v) is 5.75. The molecule has 3 heterocycles. The molecule has 4 fully saturated rings. The third-order valence-corrected chi connectivity index (χ3v) is 7.92. The summed E-state index contributed by atoms with van der Waals surface area (Å²) in [7, 11) is 0. The third-order valence-electron chi connectivity index (χ3n) is 7.92. The van der Waals surface area contributed by atoms with Gasteiger partial charge in [-0.3, -0.25) is 4.79 Å². The van der Waals surface area contributed by atoms with Crippen LogP contribution in [0.4, 0.5) is 13.2 Å². The van der Waals surface area contributed by atoms with E-state index in [2.05, 4.69) is 4.90 Å². The molecule has 182 valence electrons. The van der Waals surface area contributed by atoms with Crippen molar-refractivity contribution in [1.29, 1.82) is 0 Å². The number of carbonyl (C=O) groups is 1. The zero-order chi connectivity index (χ0) is 23.4. The monoisotopic (exact) mass is 472 g/mol. The van der Waals surface area contributed by atoms with Gasteiger partial charge in [0.1, 0.15) is 0 Å². The molecule has 0 radical (unpaired) electrons. The molecule has 0 spiro atoms. The largest absolute Gasteiger partial charge is 0.416 e. The fraction of sp³-hybridized carbons (Fsp3) is 0.615. The van der Waals surface area contributed by atoms with Crippen LogP contribution in [0.2, 0.25) is 0 Å². The zero-order valence-electron chi connectivity index (χ0n) is 19.4. The summed E-state index contributed by atoms with van der Waals surface area (Å²) in [6.45, 7) is 3.81. The minimum atomic E-state index is -4.42. The minimum absolute atomic E-state index is 0.0295. The normalized spacial score (nSPS) is 22.5. The highest BCUT2D eigenvalue weighted by Crippen LogP contribution is 2.49. The van der Waals surface area contributed by atoms with Crippen molar-refractivity contribution in [2.45, 2.75) is 75.4 Å². The van der Waals surface area contributed by atoms with E-state index < -0.39 is 11.7 Å². The molecule has 2 saturated heterocycles. The van der Waals surface area contributed by atoms with Gasteiger partial charge in [-0.1, -0.05) is 6.07 Å². The highest BCUT2D eigenvalue weighted by Gasteiger charge is 2.42. The van der Waals surface area contributed by atoms with Crippen LogP contribution in [0.15, 0.2) is 24.3 Å². The maximum Gasteiger partial charge on any atom is 0.416 e. The number of nitrogens with zero attached hydrogens (tertiary/aromatic N) is 4. The van der Waals surface area contributed by atoms with Crippen molar-refractivity contribution in [2.24, 2.45) is 0 Å². The van der Waals surface area contributed by atoms with Crippen LogP contribution in [0, 0.1) is 0 Å². The van der Waals surface area contributed by atoms with Gasteiger partial charge >= 0.3 is 6.18 Å². The fourth-order valence-electron chi connectivity index (χ4n) is 5.75. The molecular weight excluding hydrogens is 441 g/mol. The van der Waals surface area contributed by atoms with Crippen LogP contribution in [-0.4, -0.2) is 57.7 Å². The van der Waals surface area contributed by atoms with Gasteiger partial charge in [0.15, 0.2) is 0 Å². The quantitative estimate of drug-likeness (QED) is 0.589. The first-order chi connectivity index (χ1) is 16.4. The molecule has 2 aromatic rings. The second-order valence-corrected chi connectivity index (χ2v) is 10.4. The summed E-state index contributed by atoms with van der Waals surface area (Å²) in [5, 5.41) is 4.81. The van der Waals surface area contributed by atoms with E-state index in [1.165, 1.54) is 32.0 Å². The Labute approximate surface area is 197 Å². The number of piperidine rings is 1. The number of likely N-dealkylation sites (tertiary alicyclic amines) is 2. The molecule has 0 atom stereocenters. The van der Waals surface area contributed by atoms with E-state index in [0.717, 1.165) is 75.1 Å². The first kappa shape index (κ1) is 22.1. The van der Waals surface area contributed by atoms with E-state index in [4.69, 9.17) is 5.10 Å². The Kier molecular flexibility index (Phi) is 5.47. The molecule has 34 heavy (non-hydrogen) atoms. The van der Waals surface area contributed by atoms with Gasteiger partial charge in [-0.05, 0) is 82.7 Å². The summed E-state index contributed by atoms with van der Waals surface area (Å²) in [6, 6.07) is 5.90. The summed E-state index contributed by atoms with van der Waals surface area (Å²) >= 11 is 0. The van der Waals surface area contributed by atoms with Crippen molar-refractivity contribution in [3.8, 4) is 5.69 Å². The number of aromatic nitrogens is 2. The van der Waals surface area contributed by atoms with Crippen LogP contribution in [0.1, 0.15) is 90.5 Å². The number of carbonyl (C=O) groups excluding carboxylic acids is 1. The van der Waals surface area contributed by atoms with E-state index in [0.29, 0.717) is 17.3 Å². The summed E-state index contributed by atoms with van der Waals surface area (Å²) in [5.74, 6) is 0.461. The smallest absolute Gasteiger partial charge is 0.338 e. The average Bonchev–Trinajstić information content (AvgIpc) is 3.77. The van der Waals surface area contributed by atoms with Gasteiger partial charge in [0.05, 0.1) is 28.2 Å². The Bertz CT molecular complexity index is 1070. The molecule has 1 aromatic carbocycles. The molecule has 2 saturated carbocycles. The van der Waals surface area contributed by atoms with Crippen molar-refractivity contribution in [1.82, 2.24) is 19.6 Å². The predicted octanol–water partition coefficient (Wildman–Crippen LogP) is 5.35. The molecule has 0 N–H and O–H groups in total. The van der Waals surface area contributed by atoms with E-state index in [-0.39, 0.29) is 17.7 Å². The highest BCUT2D eigenvalue weighted by molar-refractivity contribution is 5.97. The van der Waals surface area contributed by atoms with Gasteiger partial charge in [0.2, 0.25) is 0 Å². The van der Waals surface area contributed by atoms with E-state index in [1.54, 1.807) is 10.7 Å². The summed E-state index contributed by atoms with van der Waals surface area (Å²) in [5.41, 5.74) is 2.01. The topological polar surface area (TPSA) is 41.4 Å². The summed E-state index contributed by atoms with van der Waals surface area (Å²) < 4.78 is 41.9. The van der Waals surface area contributed by atoms with Crippen molar-refractivity contribution >= 4 is 5.91 Å². The van der Waals surface area contributed by atoms with Crippen molar-refractivity contribution < 1.29 is 18.0 Å². The average molecular weight is 473 g/mol. The molecule has 8 heteroatoms. The first-order valence-corrected chi connectivity index (χ1v) is 12.7. The van der Waals surface area contributed by atoms with Gasteiger partial charge in [0, 0.05) is 31.0 Å². The lowest BCUT2D eigenvalue weighted by Crippen LogP contribution is -2.46. The van der Waals surface area contributed by atoms with Gasteiger partial charge < -0.3 is 9.80 Å².